The molecule has 0 unspecified atom stereocenters. The monoisotopic (exact) mass is 140 g/mol. The number of rotatable bonds is 5. The van der Waals surface area contributed by atoms with Crippen LogP contribution >= 0.6 is 0 Å². The van der Waals surface area contributed by atoms with E-state index in [0.717, 1.165) is 0 Å². The molecule has 0 aromatic carbocycles. The summed E-state index contributed by atoms with van der Waals surface area (Å²) in [5.41, 5.74) is 1.54. The number of unbranched alkanes of at least 4 members (excludes halogenated alkanes) is 3. The first-order valence-electron chi connectivity index (χ1n) is 4.46. The lowest BCUT2D eigenvalue weighted by Crippen LogP contribution is -1.74. The molecule has 0 aromatic heterocycles. The Hall–Kier alpha value is -0.260. The van der Waals surface area contributed by atoms with Crippen molar-refractivity contribution in [3.8, 4) is 0 Å². The largest absolute Gasteiger partial charge is 0.0856 e. The molecule has 0 aromatic rings. The Morgan fingerprint density at radius 2 is 1.90 bits per heavy atom. The summed E-state index contributed by atoms with van der Waals surface area (Å²) in [6, 6.07) is 0. The summed E-state index contributed by atoms with van der Waals surface area (Å²) < 4.78 is 0. The summed E-state index contributed by atoms with van der Waals surface area (Å²) in [7, 11) is 0. The van der Waals surface area contributed by atoms with Gasteiger partial charge in [-0.2, -0.15) is 0 Å². The minimum Gasteiger partial charge on any atom is -0.0856 e. The Labute approximate surface area is 65.3 Å². The number of hydrogen-bond acceptors (Lipinski definition) is 0. The second-order valence-corrected chi connectivity index (χ2v) is 2.90. The second kappa shape index (κ2) is 6.85. The number of hydrogen-bond donors (Lipinski definition) is 0. The maximum atomic E-state index is 2.37. The highest BCUT2D eigenvalue weighted by atomic mass is 13.9. The highest BCUT2D eigenvalue weighted by molar-refractivity contribution is 4.96. The molecular weight excluding hydrogens is 120 g/mol. The van der Waals surface area contributed by atoms with Gasteiger partial charge in [-0.25, -0.2) is 0 Å². The van der Waals surface area contributed by atoms with Crippen LogP contribution in [0.2, 0.25) is 0 Å². The molecule has 0 amide bonds. The molecule has 10 heavy (non-hydrogen) atoms. The summed E-state index contributed by atoms with van der Waals surface area (Å²) in [4.78, 5) is 0. The maximum absolute atomic E-state index is 2.37. The quantitative estimate of drug-likeness (QED) is 0.401. The topological polar surface area (TPSA) is 0 Å². The van der Waals surface area contributed by atoms with E-state index < -0.39 is 0 Å². The molecule has 0 radical (unpaired) electrons. The standard InChI is InChI=1S/C10H20/c1-4-6-7-8-9-10(3)5-2/h9H,4-8H2,1-3H3/b10-9-. The third-order valence-corrected chi connectivity index (χ3v) is 1.86. The molecule has 0 heterocycles. The molecule has 0 nitrogen and oxygen atoms in total. The third kappa shape index (κ3) is 5.87. The van der Waals surface area contributed by atoms with Gasteiger partial charge in [-0.3, -0.25) is 0 Å². The third-order valence-electron chi connectivity index (χ3n) is 1.86. The van der Waals surface area contributed by atoms with Gasteiger partial charge in [0.05, 0.1) is 0 Å². The van der Waals surface area contributed by atoms with Crippen LogP contribution in [0.25, 0.3) is 0 Å². The molecule has 0 saturated carbocycles. The van der Waals surface area contributed by atoms with Crippen LogP contribution in [0.4, 0.5) is 0 Å². The zero-order chi connectivity index (χ0) is 7.82. The van der Waals surface area contributed by atoms with Gasteiger partial charge in [-0.05, 0) is 26.2 Å². The van der Waals surface area contributed by atoms with E-state index in [0.29, 0.717) is 0 Å². The Morgan fingerprint density at radius 3 is 2.40 bits per heavy atom. The zero-order valence-electron chi connectivity index (χ0n) is 7.61. The Kier molecular flexibility index (Phi) is 6.68. The summed E-state index contributed by atoms with van der Waals surface area (Å²) in [6.45, 7) is 6.67. The van der Waals surface area contributed by atoms with Crippen LogP contribution in [0.1, 0.15) is 52.9 Å². The van der Waals surface area contributed by atoms with E-state index in [4.69, 9.17) is 0 Å². The fourth-order valence-corrected chi connectivity index (χ4v) is 0.887. The van der Waals surface area contributed by atoms with Gasteiger partial charge in [0.2, 0.25) is 0 Å². The van der Waals surface area contributed by atoms with Gasteiger partial charge in [-0.1, -0.05) is 38.3 Å². The molecule has 0 aliphatic heterocycles. The lowest BCUT2D eigenvalue weighted by molar-refractivity contribution is 0.726. The highest BCUT2D eigenvalue weighted by Gasteiger charge is 1.84. The Morgan fingerprint density at radius 1 is 1.20 bits per heavy atom. The zero-order valence-corrected chi connectivity index (χ0v) is 7.61. The second-order valence-electron chi connectivity index (χ2n) is 2.90. The summed E-state index contributed by atoms with van der Waals surface area (Å²) in [5, 5.41) is 0. The van der Waals surface area contributed by atoms with E-state index in [9.17, 15) is 0 Å². The van der Waals surface area contributed by atoms with Crippen LogP contribution < -0.4 is 0 Å². The van der Waals surface area contributed by atoms with Crippen molar-refractivity contribution in [1.29, 1.82) is 0 Å². The van der Waals surface area contributed by atoms with Crippen molar-refractivity contribution >= 4 is 0 Å². The van der Waals surface area contributed by atoms with Crippen molar-refractivity contribution in [2.45, 2.75) is 52.9 Å². The van der Waals surface area contributed by atoms with E-state index >= 15 is 0 Å². The maximum Gasteiger partial charge on any atom is -0.0348 e. The molecule has 0 bridgehead atoms. The molecule has 0 atom stereocenters. The van der Waals surface area contributed by atoms with E-state index in [1.165, 1.54) is 37.7 Å². The molecule has 0 saturated heterocycles. The first-order valence-corrected chi connectivity index (χ1v) is 4.46. The summed E-state index contributed by atoms with van der Waals surface area (Å²) >= 11 is 0. The fourth-order valence-electron chi connectivity index (χ4n) is 0.887. The van der Waals surface area contributed by atoms with E-state index in [1.807, 2.05) is 0 Å². The van der Waals surface area contributed by atoms with Crippen LogP contribution in [0, 0.1) is 0 Å². The minimum atomic E-state index is 1.21. The highest BCUT2D eigenvalue weighted by Crippen LogP contribution is 2.04. The van der Waals surface area contributed by atoms with Gasteiger partial charge in [-0.15, -0.1) is 0 Å². The molecule has 0 rings (SSSR count). The van der Waals surface area contributed by atoms with Crippen LogP contribution in [0.15, 0.2) is 11.6 Å². The van der Waals surface area contributed by atoms with Gasteiger partial charge in [0, 0.05) is 0 Å². The lowest BCUT2D eigenvalue weighted by atomic mass is 10.1. The smallest absolute Gasteiger partial charge is 0.0348 e. The molecule has 0 spiro atoms. The Bertz CT molecular complexity index is 90.2. The first kappa shape index (κ1) is 9.74. The first-order chi connectivity index (χ1) is 4.81. The molecule has 0 heteroatoms. The van der Waals surface area contributed by atoms with Crippen molar-refractivity contribution in [2.24, 2.45) is 0 Å². The van der Waals surface area contributed by atoms with E-state index in [1.54, 1.807) is 0 Å². The van der Waals surface area contributed by atoms with Crippen molar-refractivity contribution in [3.05, 3.63) is 11.6 Å². The van der Waals surface area contributed by atoms with E-state index in [-0.39, 0.29) is 0 Å². The molecule has 0 aliphatic rings. The fraction of sp³-hybridized carbons (Fsp3) is 0.800. The average Bonchev–Trinajstić information content (AvgIpc) is 1.98. The van der Waals surface area contributed by atoms with Gasteiger partial charge < -0.3 is 0 Å². The van der Waals surface area contributed by atoms with Crippen molar-refractivity contribution in [1.82, 2.24) is 0 Å². The number of allylic oxidation sites excluding steroid dienone is 2. The lowest BCUT2D eigenvalue weighted by Gasteiger charge is -1.95. The molecule has 0 fully saturated rings. The van der Waals surface area contributed by atoms with E-state index in [2.05, 4.69) is 26.8 Å². The SMILES string of the molecule is CCCCC/C=C(/C)CC. The average molecular weight is 140 g/mol. The summed E-state index contributed by atoms with van der Waals surface area (Å²) in [6.07, 6.45) is 8.95. The van der Waals surface area contributed by atoms with Crippen molar-refractivity contribution in [2.75, 3.05) is 0 Å². The normalized spacial score (nSPS) is 12.1. The van der Waals surface area contributed by atoms with Gasteiger partial charge >= 0.3 is 0 Å². The predicted molar refractivity (Wildman–Crippen MR) is 48.2 cm³/mol. The molecule has 60 valence electrons. The van der Waals surface area contributed by atoms with Crippen molar-refractivity contribution in [3.63, 3.8) is 0 Å². The van der Waals surface area contributed by atoms with Crippen LogP contribution in [-0.4, -0.2) is 0 Å². The van der Waals surface area contributed by atoms with Crippen molar-refractivity contribution < 1.29 is 0 Å². The molecule has 0 aliphatic carbocycles. The van der Waals surface area contributed by atoms with Gasteiger partial charge in [0.15, 0.2) is 0 Å². The molecular formula is C10H20. The summed E-state index contributed by atoms with van der Waals surface area (Å²) in [5.74, 6) is 0. The van der Waals surface area contributed by atoms with Crippen LogP contribution in [0.3, 0.4) is 0 Å². The predicted octanol–water partition coefficient (Wildman–Crippen LogP) is 3.92. The Balaban J connectivity index is 3.16. The minimum absolute atomic E-state index is 1.21. The van der Waals surface area contributed by atoms with Crippen LogP contribution in [-0.2, 0) is 0 Å². The van der Waals surface area contributed by atoms with Gasteiger partial charge in [0.1, 0.15) is 0 Å². The van der Waals surface area contributed by atoms with Crippen LogP contribution in [0.5, 0.6) is 0 Å². The van der Waals surface area contributed by atoms with Gasteiger partial charge in [0.25, 0.3) is 0 Å². The molecule has 0 N–H and O–H groups in total.